The van der Waals surface area contributed by atoms with E-state index in [1.165, 1.54) is 35.8 Å². The van der Waals surface area contributed by atoms with Crippen molar-refractivity contribution in [3.8, 4) is 0 Å². The Kier molecular flexibility index (Phi) is 4.07. The van der Waals surface area contributed by atoms with E-state index in [9.17, 15) is 8.42 Å². The average Bonchev–Trinajstić information content (AvgIpc) is 2.96. The quantitative estimate of drug-likeness (QED) is 0.665. The number of nitrogens with one attached hydrogen (secondary N) is 2. The highest BCUT2D eigenvalue weighted by atomic mass is 32.2. The van der Waals surface area contributed by atoms with E-state index >= 15 is 0 Å². The fraction of sp³-hybridized carbons (Fsp3) is 0.333. The number of fused-ring (bicyclic) bond motifs is 2. The zero-order chi connectivity index (χ0) is 18.4. The molecule has 0 saturated carbocycles. The second kappa shape index (κ2) is 6.16. The summed E-state index contributed by atoms with van der Waals surface area (Å²) in [7, 11) is -3.32. The molecule has 0 spiro atoms. The average molecular weight is 369 g/mol. The summed E-state index contributed by atoms with van der Waals surface area (Å²) in [5, 5.41) is 1.08. The molecule has 0 fully saturated rings. The molecule has 2 N–H and O–H groups in total. The van der Waals surface area contributed by atoms with Gasteiger partial charge in [-0.2, -0.15) is 0 Å². The van der Waals surface area contributed by atoms with Crippen LogP contribution < -0.4 is 4.72 Å². The first-order valence-corrected chi connectivity index (χ1v) is 10.9. The number of anilines is 1. The largest absolute Gasteiger partial charge is 0.359 e. The molecule has 5 heteroatoms. The van der Waals surface area contributed by atoms with Crippen LogP contribution in [0.5, 0.6) is 0 Å². The van der Waals surface area contributed by atoms with Crippen LogP contribution in [0.15, 0.2) is 48.7 Å². The van der Waals surface area contributed by atoms with E-state index in [0.717, 1.165) is 23.7 Å². The van der Waals surface area contributed by atoms with E-state index < -0.39 is 10.0 Å². The third-order valence-electron chi connectivity index (χ3n) is 5.59. The van der Waals surface area contributed by atoms with Crippen molar-refractivity contribution in [2.75, 3.05) is 11.0 Å². The second-order valence-corrected chi connectivity index (χ2v) is 9.25. The number of hydrogen-bond acceptors (Lipinski definition) is 2. The van der Waals surface area contributed by atoms with Gasteiger partial charge in [-0.25, -0.2) is 8.42 Å². The van der Waals surface area contributed by atoms with E-state index in [-0.39, 0.29) is 5.41 Å². The SMILES string of the molecule is CC1(c2c[nH]c3c(NS(C)(=O)=O)cccc23)CCCCc2ccccc21. The van der Waals surface area contributed by atoms with Gasteiger partial charge in [0.05, 0.1) is 17.5 Å². The monoisotopic (exact) mass is 368 g/mol. The predicted molar refractivity (Wildman–Crippen MR) is 107 cm³/mol. The summed E-state index contributed by atoms with van der Waals surface area (Å²) in [5.41, 5.74) is 5.40. The van der Waals surface area contributed by atoms with Gasteiger partial charge in [0.15, 0.2) is 0 Å². The fourth-order valence-electron chi connectivity index (χ4n) is 4.38. The van der Waals surface area contributed by atoms with Gasteiger partial charge in [0.25, 0.3) is 0 Å². The van der Waals surface area contributed by atoms with Gasteiger partial charge in [-0.05, 0) is 42.0 Å². The minimum Gasteiger partial charge on any atom is -0.359 e. The van der Waals surface area contributed by atoms with Crippen LogP contribution in [0.1, 0.15) is 42.9 Å². The molecule has 1 aliphatic rings. The molecule has 136 valence electrons. The predicted octanol–water partition coefficient (Wildman–Crippen LogP) is 4.57. The number of para-hydroxylation sites is 1. The molecule has 0 saturated heterocycles. The first kappa shape index (κ1) is 17.2. The van der Waals surface area contributed by atoms with Crippen molar-refractivity contribution in [2.24, 2.45) is 0 Å². The molecule has 0 amide bonds. The zero-order valence-corrected chi connectivity index (χ0v) is 16.0. The molecule has 4 rings (SSSR count). The van der Waals surface area contributed by atoms with Crippen LogP contribution in [-0.2, 0) is 21.9 Å². The van der Waals surface area contributed by atoms with Gasteiger partial charge < -0.3 is 4.98 Å². The molecule has 3 aromatic rings. The molecule has 1 aromatic heterocycles. The maximum Gasteiger partial charge on any atom is 0.229 e. The van der Waals surface area contributed by atoms with Crippen molar-refractivity contribution in [1.29, 1.82) is 0 Å². The van der Waals surface area contributed by atoms with Gasteiger partial charge >= 0.3 is 0 Å². The number of benzene rings is 2. The van der Waals surface area contributed by atoms with Crippen molar-refractivity contribution in [1.82, 2.24) is 4.98 Å². The minimum atomic E-state index is -3.32. The summed E-state index contributed by atoms with van der Waals surface area (Å²) in [6, 6.07) is 14.5. The maximum atomic E-state index is 11.7. The first-order chi connectivity index (χ1) is 12.4. The summed E-state index contributed by atoms with van der Waals surface area (Å²) in [4.78, 5) is 3.33. The summed E-state index contributed by atoms with van der Waals surface area (Å²) in [5.74, 6) is 0. The van der Waals surface area contributed by atoms with Crippen molar-refractivity contribution in [3.05, 3.63) is 65.4 Å². The number of hydrogen-bond donors (Lipinski definition) is 2. The standard InChI is InChI=1S/C21H24N2O2S/c1-21(13-6-5-9-15-8-3-4-11-17(15)21)18-14-22-20-16(18)10-7-12-19(20)23-26(2,24)25/h3-4,7-8,10-12,14,22-23H,5-6,9,13H2,1-2H3. The lowest BCUT2D eigenvalue weighted by Gasteiger charge is -2.30. The van der Waals surface area contributed by atoms with Gasteiger partial charge in [0.2, 0.25) is 10.0 Å². The Hall–Kier alpha value is -2.27. The highest BCUT2D eigenvalue weighted by molar-refractivity contribution is 7.92. The molecule has 2 aromatic carbocycles. The van der Waals surface area contributed by atoms with Crippen LogP contribution >= 0.6 is 0 Å². The van der Waals surface area contributed by atoms with E-state index in [4.69, 9.17) is 0 Å². The van der Waals surface area contributed by atoms with Crippen molar-refractivity contribution >= 4 is 26.6 Å². The smallest absolute Gasteiger partial charge is 0.229 e. The number of H-pyrrole nitrogens is 1. The van der Waals surface area contributed by atoms with Gasteiger partial charge in [0, 0.05) is 17.0 Å². The molecule has 1 heterocycles. The van der Waals surface area contributed by atoms with E-state index in [1.54, 1.807) is 6.07 Å². The summed E-state index contributed by atoms with van der Waals surface area (Å²) >= 11 is 0. The highest BCUT2D eigenvalue weighted by Crippen LogP contribution is 2.44. The third-order valence-corrected chi connectivity index (χ3v) is 6.18. The van der Waals surface area contributed by atoms with Gasteiger partial charge in [-0.1, -0.05) is 49.7 Å². The van der Waals surface area contributed by atoms with Crippen molar-refractivity contribution < 1.29 is 8.42 Å². The molecule has 1 aliphatic carbocycles. The van der Waals surface area contributed by atoms with Crippen LogP contribution in [0.3, 0.4) is 0 Å². The summed E-state index contributed by atoms with van der Waals surface area (Å²) in [6.07, 6.45) is 7.82. The molecular formula is C21H24N2O2S. The van der Waals surface area contributed by atoms with E-state index in [2.05, 4.69) is 53.2 Å². The molecular weight excluding hydrogens is 344 g/mol. The van der Waals surface area contributed by atoms with E-state index in [1.807, 2.05) is 6.07 Å². The lowest BCUT2D eigenvalue weighted by atomic mass is 9.72. The van der Waals surface area contributed by atoms with Crippen LogP contribution in [0.4, 0.5) is 5.69 Å². The van der Waals surface area contributed by atoms with Crippen LogP contribution in [0.25, 0.3) is 10.9 Å². The molecule has 0 radical (unpaired) electrons. The minimum absolute atomic E-state index is 0.0882. The van der Waals surface area contributed by atoms with Crippen LogP contribution in [0, 0.1) is 0 Å². The Bertz CT molecular complexity index is 1070. The highest BCUT2D eigenvalue weighted by Gasteiger charge is 2.34. The van der Waals surface area contributed by atoms with Gasteiger partial charge in [0.1, 0.15) is 0 Å². The molecule has 4 nitrogen and oxygen atoms in total. The van der Waals surface area contributed by atoms with Crippen molar-refractivity contribution in [3.63, 3.8) is 0 Å². The first-order valence-electron chi connectivity index (χ1n) is 9.05. The normalized spacial score (nSPS) is 20.5. The van der Waals surface area contributed by atoms with Gasteiger partial charge in [-0.15, -0.1) is 0 Å². The van der Waals surface area contributed by atoms with E-state index in [0.29, 0.717) is 5.69 Å². The molecule has 0 bridgehead atoms. The Morgan fingerprint density at radius 2 is 1.85 bits per heavy atom. The summed E-state index contributed by atoms with van der Waals surface area (Å²) < 4.78 is 26.0. The number of sulfonamides is 1. The topological polar surface area (TPSA) is 62.0 Å². The Morgan fingerprint density at radius 3 is 2.65 bits per heavy atom. The molecule has 26 heavy (non-hydrogen) atoms. The van der Waals surface area contributed by atoms with Crippen LogP contribution in [0.2, 0.25) is 0 Å². The van der Waals surface area contributed by atoms with Crippen molar-refractivity contribution in [2.45, 2.75) is 38.0 Å². The Balaban J connectivity index is 1.91. The summed E-state index contributed by atoms with van der Waals surface area (Å²) in [6.45, 7) is 2.32. The number of rotatable bonds is 3. The Morgan fingerprint density at radius 1 is 1.04 bits per heavy atom. The Labute approximate surface area is 154 Å². The lowest BCUT2D eigenvalue weighted by Crippen LogP contribution is -2.23. The van der Waals surface area contributed by atoms with Crippen LogP contribution in [-0.4, -0.2) is 19.7 Å². The zero-order valence-electron chi connectivity index (χ0n) is 15.2. The molecule has 1 atom stereocenters. The van der Waals surface area contributed by atoms with Gasteiger partial charge in [-0.3, -0.25) is 4.72 Å². The number of aromatic amines is 1. The number of aromatic nitrogens is 1. The molecule has 1 unspecified atom stereocenters. The second-order valence-electron chi connectivity index (χ2n) is 7.50. The number of aryl methyl sites for hydroxylation is 1. The molecule has 0 aliphatic heterocycles. The third kappa shape index (κ3) is 2.90. The maximum absolute atomic E-state index is 11.7. The fourth-order valence-corrected chi connectivity index (χ4v) is 4.95. The lowest BCUT2D eigenvalue weighted by molar-refractivity contribution is 0.508.